The predicted molar refractivity (Wildman–Crippen MR) is 125 cm³/mol. The SMILES string of the molecule is CCN1C(=c2sc(=C3SC(=S)N(C)C3=O)n(CC)c2=O)Sc2ccc(OC)cc21. The van der Waals surface area contributed by atoms with Crippen molar-refractivity contribution in [3.63, 3.8) is 0 Å². The summed E-state index contributed by atoms with van der Waals surface area (Å²) in [5.74, 6) is 0.626. The number of nitrogens with zero attached hydrogens (tertiary/aromatic N) is 3. The number of thiocarbonyl (C=S) groups is 1. The number of thioether (sulfide) groups is 2. The van der Waals surface area contributed by atoms with Crippen LogP contribution >= 0.6 is 47.1 Å². The molecule has 152 valence electrons. The van der Waals surface area contributed by atoms with Crippen LogP contribution in [0.2, 0.25) is 0 Å². The summed E-state index contributed by atoms with van der Waals surface area (Å²) >= 11 is 9.47. The largest absolute Gasteiger partial charge is 0.497 e. The Bertz CT molecular complexity index is 1210. The molecule has 0 aliphatic carbocycles. The number of amides is 1. The van der Waals surface area contributed by atoms with Crippen LogP contribution < -0.4 is 24.4 Å². The Morgan fingerprint density at radius 1 is 1.14 bits per heavy atom. The molecule has 3 heterocycles. The number of benzene rings is 1. The summed E-state index contributed by atoms with van der Waals surface area (Å²) in [6.07, 6.45) is 0. The van der Waals surface area contributed by atoms with Gasteiger partial charge in [-0.05, 0) is 26.0 Å². The Morgan fingerprint density at radius 2 is 1.90 bits per heavy atom. The van der Waals surface area contributed by atoms with Crippen LogP contribution in [0.25, 0.3) is 9.93 Å². The second-order valence-corrected chi connectivity index (χ2v) is 10.0. The number of methoxy groups -OCH3 is 1. The van der Waals surface area contributed by atoms with E-state index in [1.54, 1.807) is 30.5 Å². The van der Waals surface area contributed by atoms with E-state index in [1.165, 1.54) is 28.0 Å². The summed E-state index contributed by atoms with van der Waals surface area (Å²) in [6, 6.07) is 5.93. The van der Waals surface area contributed by atoms with E-state index in [4.69, 9.17) is 17.0 Å². The second-order valence-electron chi connectivity index (χ2n) is 6.33. The maximum absolute atomic E-state index is 13.3. The maximum Gasteiger partial charge on any atom is 0.271 e. The van der Waals surface area contributed by atoms with Crippen LogP contribution in [0.1, 0.15) is 13.8 Å². The standard InChI is InChI=1S/C19H19N3O3S4/c1-5-21-11-9-10(25-4)7-8-12(11)27-17(21)14-16(24)22(6-2)18(28-14)13-15(23)20(3)19(26)29-13/h7-9H,5-6H2,1-4H3. The van der Waals surface area contributed by atoms with Crippen LogP contribution in [0.5, 0.6) is 5.75 Å². The highest BCUT2D eigenvalue weighted by molar-refractivity contribution is 8.30. The van der Waals surface area contributed by atoms with Gasteiger partial charge in [-0.15, -0.1) is 11.3 Å². The van der Waals surface area contributed by atoms with Crippen molar-refractivity contribution < 1.29 is 9.53 Å². The lowest BCUT2D eigenvalue weighted by Crippen LogP contribution is -2.35. The van der Waals surface area contributed by atoms with Gasteiger partial charge in [0.15, 0.2) is 0 Å². The van der Waals surface area contributed by atoms with E-state index in [1.807, 2.05) is 25.1 Å². The minimum Gasteiger partial charge on any atom is -0.497 e. The third kappa shape index (κ3) is 3.22. The quantitative estimate of drug-likeness (QED) is 0.645. The lowest BCUT2D eigenvalue weighted by atomic mass is 10.2. The topological polar surface area (TPSA) is 54.8 Å². The zero-order valence-corrected chi connectivity index (χ0v) is 19.6. The summed E-state index contributed by atoms with van der Waals surface area (Å²) < 4.78 is 8.87. The molecule has 2 aromatic rings. The van der Waals surface area contributed by atoms with Gasteiger partial charge in [-0.3, -0.25) is 19.1 Å². The molecule has 29 heavy (non-hydrogen) atoms. The van der Waals surface area contributed by atoms with Gasteiger partial charge in [-0.1, -0.05) is 35.7 Å². The number of aromatic nitrogens is 1. The van der Waals surface area contributed by atoms with E-state index in [-0.39, 0.29) is 11.5 Å². The van der Waals surface area contributed by atoms with Gasteiger partial charge in [0, 0.05) is 31.1 Å². The molecule has 0 saturated carbocycles. The molecule has 2 aliphatic rings. The number of hydrogen-bond donors (Lipinski definition) is 0. The number of carbonyl (C=O) groups is 1. The molecule has 10 heteroatoms. The fraction of sp³-hybridized carbons (Fsp3) is 0.316. The van der Waals surface area contributed by atoms with Gasteiger partial charge in [0.05, 0.1) is 12.8 Å². The number of anilines is 1. The molecule has 1 amide bonds. The third-order valence-electron chi connectivity index (χ3n) is 4.78. The summed E-state index contributed by atoms with van der Waals surface area (Å²) in [6.45, 7) is 5.18. The number of hydrogen-bond acceptors (Lipinski definition) is 8. The number of fused-ring (bicyclic) bond motifs is 1. The van der Waals surface area contributed by atoms with Gasteiger partial charge in [0.2, 0.25) is 0 Å². The van der Waals surface area contributed by atoms with Crippen LogP contribution in [0.15, 0.2) is 27.9 Å². The molecule has 1 fully saturated rings. The van der Waals surface area contributed by atoms with E-state index in [2.05, 4.69) is 11.8 Å². The molecule has 6 nitrogen and oxygen atoms in total. The smallest absolute Gasteiger partial charge is 0.271 e. The molecular weight excluding hydrogens is 446 g/mol. The number of ether oxygens (including phenoxy) is 1. The first kappa shape index (κ1) is 20.5. The Balaban J connectivity index is 1.99. The van der Waals surface area contributed by atoms with E-state index in [9.17, 15) is 9.59 Å². The number of rotatable bonds is 3. The molecule has 2 aliphatic heterocycles. The fourth-order valence-corrected chi connectivity index (χ4v) is 7.12. The van der Waals surface area contributed by atoms with Gasteiger partial charge in [-0.25, -0.2) is 0 Å². The van der Waals surface area contributed by atoms with E-state index < -0.39 is 0 Å². The van der Waals surface area contributed by atoms with Crippen molar-refractivity contribution in [3.8, 4) is 5.75 Å². The van der Waals surface area contributed by atoms with E-state index in [0.29, 0.717) is 25.0 Å². The van der Waals surface area contributed by atoms with Gasteiger partial charge in [0.25, 0.3) is 11.5 Å². The average molecular weight is 466 g/mol. The Labute approximate surface area is 185 Å². The van der Waals surface area contributed by atoms with Gasteiger partial charge < -0.3 is 9.64 Å². The average Bonchev–Trinajstić information content (AvgIpc) is 3.33. The molecule has 0 bridgehead atoms. The van der Waals surface area contributed by atoms with E-state index >= 15 is 0 Å². The molecule has 0 N–H and O–H groups in total. The lowest BCUT2D eigenvalue weighted by Gasteiger charge is -2.17. The molecule has 0 spiro atoms. The van der Waals surface area contributed by atoms with Crippen molar-refractivity contribution in [2.45, 2.75) is 25.3 Å². The third-order valence-corrected chi connectivity index (χ3v) is 8.95. The van der Waals surface area contributed by atoms with Gasteiger partial charge in [0.1, 0.15) is 29.2 Å². The van der Waals surface area contributed by atoms with Crippen molar-refractivity contribution in [2.24, 2.45) is 0 Å². The van der Waals surface area contributed by atoms with Gasteiger partial charge in [-0.2, -0.15) is 0 Å². The highest BCUT2D eigenvalue weighted by Gasteiger charge is 2.32. The summed E-state index contributed by atoms with van der Waals surface area (Å²) in [7, 11) is 3.31. The Kier molecular flexibility index (Phi) is 5.54. The lowest BCUT2D eigenvalue weighted by molar-refractivity contribution is -0.119. The Morgan fingerprint density at radius 3 is 2.48 bits per heavy atom. The monoisotopic (exact) mass is 465 g/mol. The molecule has 0 radical (unpaired) electrons. The van der Waals surface area contributed by atoms with Crippen LogP contribution in [0.4, 0.5) is 5.69 Å². The highest BCUT2D eigenvalue weighted by Crippen LogP contribution is 2.47. The number of thiazole rings is 1. The van der Waals surface area contributed by atoms with E-state index in [0.717, 1.165) is 27.9 Å². The zero-order chi connectivity index (χ0) is 20.9. The minimum absolute atomic E-state index is 0.0745. The van der Waals surface area contributed by atoms with Gasteiger partial charge >= 0.3 is 0 Å². The van der Waals surface area contributed by atoms with Crippen LogP contribution in [-0.2, 0) is 11.3 Å². The number of carbonyl (C=O) groups excluding carboxylic acids is 1. The molecule has 4 rings (SSSR count). The Hall–Kier alpha value is -1.75. The summed E-state index contributed by atoms with van der Waals surface area (Å²) in [5, 5.41) is 0.895. The predicted octanol–water partition coefficient (Wildman–Crippen LogP) is 2.23. The minimum atomic E-state index is -0.153. The second kappa shape index (κ2) is 7.82. The van der Waals surface area contributed by atoms with Crippen molar-refractivity contribution in [1.82, 2.24) is 9.47 Å². The maximum atomic E-state index is 13.3. The highest BCUT2D eigenvalue weighted by atomic mass is 32.2. The first-order valence-electron chi connectivity index (χ1n) is 9.02. The molecule has 1 aromatic heterocycles. The van der Waals surface area contributed by atoms with Crippen LogP contribution in [0, 0.1) is 0 Å². The van der Waals surface area contributed by atoms with Crippen molar-refractivity contribution in [1.29, 1.82) is 0 Å². The first-order valence-corrected chi connectivity index (χ1v) is 11.9. The van der Waals surface area contributed by atoms with Crippen LogP contribution in [-0.4, -0.2) is 40.4 Å². The summed E-state index contributed by atoms with van der Waals surface area (Å²) in [5.41, 5.74) is 0.957. The molecule has 0 unspecified atom stereocenters. The van der Waals surface area contributed by atoms with Crippen molar-refractivity contribution in [2.75, 3.05) is 25.6 Å². The molecule has 1 aromatic carbocycles. The first-order chi connectivity index (χ1) is 13.9. The molecule has 1 saturated heterocycles. The summed E-state index contributed by atoms with van der Waals surface area (Å²) in [4.78, 5) is 31.1. The molecular formula is C19H19N3O3S4. The normalized spacial score (nSPS) is 20.0. The van der Waals surface area contributed by atoms with Crippen molar-refractivity contribution in [3.05, 3.63) is 37.7 Å². The zero-order valence-electron chi connectivity index (χ0n) is 16.3. The van der Waals surface area contributed by atoms with Crippen LogP contribution in [0.3, 0.4) is 0 Å². The fourth-order valence-electron chi connectivity index (χ4n) is 3.24. The van der Waals surface area contributed by atoms with Crippen molar-refractivity contribution >= 4 is 72.9 Å². The molecule has 0 atom stereocenters.